The predicted molar refractivity (Wildman–Crippen MR) is 79.4 cm³/mol. The van der Waals surface area contributed by atoms with E-state index in [1.807, 2.05) is 20.8 Å². The average Bonchev–Trinajstić information content (AvgIpc) is 2.44. The molecule has 0 aliphatic carbocycles. The Balaban J connectivity index is 0. The number of hydrogen-bond acceptors (Lipinski definition) is 4. The van der Waals surface area contributed by atoms with E-state index >= 15 is 0 Å². The second-order valence-corrected chi connectivity index (χ2v) is 4.60. The van der Waals surface area contributed by atoms with Crippen molar-refractivity contribution < 1.29 is 19.7 Å². The van der Waals surface area contributed by atoms with E-state index < -0.39 is 0 Å². The topological polar surface area (TPSA) is 58.9 Å². The molecule has 0 aromatic rings. The van der Waals surface area contributed by atoms with Crippen LogP contribution >= 0.6 is 0 Å². The number of aliphatic hydroxyl groups is 2. The normalized spacial score (nSPS) is 13.6. The fraction of sp³-hybridized carbons (Fsp3) is 1.00. The van der Waals surface area contributed by atoms with Gasteiger partial charge in [0.25, 0.3) is 0 Å². The van der Waals surface area contributed by atoms with Gasteiger partial charge in [0.15, 0.2) is 0 Å². The lowest BCUT2D eigenvalue weighted by Gasteiger charge is -2.06. The van der Waals surface area contributed by atoms with Crippen LogP contribution in [0.1, 0.15) is 59.3 Å². The summed E-state index contributed by atoms with van der Waals surface area (Å²) in [6.45, 7) is 8.28. The standard InChI is InChI=1S/C8H18O2.C7H16O2/c1-3-8(9)6-5-7-10-4-2;1-3-7(8)5-4-6-9-2/h8-9H,3-7H2,1-2H3;7-8H,3-6H2,1-2H3. The first-order valence-corrected chi connectivity index (χ1v) is 7.54. The molecule has 0 amide bonds. The summed E-state index contributed by atoms with van der Waals surface area (Å²) in [7, 11) is 1.68. The summed E-state index contributed by atoms with van der Waals surface area (Å²) in [4.78, 5) is 0. The molecule has 0 aliphatic rings. The molecule has 2 unspecified atom stereocenters. The minimum atomic E-state index is -0.125. The van der Waals surface area contributed by atoms with Crippen molar-refractivity contribution in [2.24, 2.45) is 0 Å². The second kappa shape index (κ2) is 17.8. The maximum atomic E-state index is 9.10. The third-order valence-corrected chi connectivity index (χ3v) is 2.86. The Hall–Kier alpha value is -0.160. The Morgan fingerprint density at radius 2 is 1.32 bits per heavy atom. The van der Waals surface area contributed by atoms with Crippen molar-refractivity contribution >= 4 is 0 Å². The Kier molecular flexibility index (Phi) is 19.9. The Bertz CT molecular complexity index is 153. The van der Waals surface area contributed by atoms with E-state index in [4.69, 9.17) is 19.7 Å². The highest BCUT2D eigenvalue weighted by atomic mass is 16.5. The molecule has 0 heterocycles. The minimum absolute atomic E-state index is 0.125. The van der Waals surface area contributed by atoms with Gasteiger partial charge >= 0.3 is 0 Å². The third-order valence-electron chi connectivity index (χ3n) is 2.86. The lowest BCUT2D eigenvalue weighted by molar-refractivity contribution is 0.112. The molecule has 2 N–H and O–H groups in total. The first-order chi connectivity index (χ1) is 9.12. The highest BCUT2D eigenvalue weighted by Crippen LogP contribution is 2.00. The highest BCUT2D eigenvalue weighted by molar-refractivity contribution is 4.51. The van der Waals surface area contributed by atoms with Gasteiger partial charge in [-0.05, 0) is 45.4 Å². The molecular formula is C15H34O4. The predicted octanol–water partition coefficient (Wildman–Crippen LogP) is 2.76. The van der Waals surface area contributed by atoms with Crippen LogP contribution in [0.15, 0.2) is 0 Å². The molecule has 0 radical (unpaired) electrons. The minimum Gasteiger partial charge on any atom is -0.393 e. The Morgan fingerprint density at radius 3 is 1.68 bits per heavy atom. The number of ether oxygens (including phenoxy) is 2. The number of hydrogen-bond donors (Lipinski definition) is 2. The van der Waals surface area contributed by atoms with E-state index in [0.717, 1.165) is 58.3 Å². The van der Waals surface area contributed by atoms with Gasteiger partial charge in [0.05, 0.1) is 12.2 Å². The number of rotatable bonds is 11. The highest BCUT2D eigenvalue weighted by Gasteiger charge is 1.98. The van der Waals surface area contributed by atoms with Gasteiger partial charge in [0.1, 0.15) is 0 Å². The molecule has 19 heavy (non-hydrogen) atoms. The van der Waals surface area contributed by atoms with Gasteiger partial charge in [-0.2, -0.15) is 0 Å². The molecule has 4 nitrogen and oxygen atoms in total. The molecule has 0 aromatic carbocycles. The van der Waals surface area contributed by atoms with Gasteiger partial charge in [-0.15, -0.1) is 0 Å². The summed E-state index contributed by atoms with van der Waals surface area (Å²) < 4.78 is 9.94. The van der Waals surface area contributed by atoms with Crippen LogP contribution in [0, 0.1) is 0 Å². The summed E-state index contributed by atoms with van der Waals surface area (Å²) in [6, 6.07) is 0. The number of aliphatic hydroxyl groups excluding tert-OH is 2. The Morgan fingerprint density at radius 1 is 0.842 bits per heavy atom. The first-order valence-electron chi connectivity index (χ1n) is 7.54. The van der Waals surface area contributed by atoms with E-state index in [2.05, 4.69) is 0 Å². The van der Waals surface area contributed by atoms with Crippen LogP contribution in [0.5, 0.6) is 0 Å². The molecular weight excluding hydrogens is 244 g/mol. The van der Waals surface area contributed by atoms with Crippen LogP contribution in [0.25, 0.3) is 0 Å². The van der Waals surface area contributed by atoms with Crippen LogP contribution in [-0.2, 0) is 9.47 Å². The maximum Gasteiger partial charge on any atom is 0.0538 e. The van der Waals surface area contributed by atoms with Gasteiger partial charge in [-0.25, -0.2) is 0 Å². The van der Waals surface area contributed by atoms with Crippen LogP contribution in [-0.4, -0.2) is 49.4 Å². The van der Waals surface area contributed by atoms with Crippen molar-refractivity contribution in [3.63, 3.8) is 0 Å². The van der Waals surface area contributed by atoms with E-state index in [1.165, 1.54) is 0 Å². The molecule has 0 saturated heterocycles. The zero-order valence-electron chi connectivity index (χ0n) is 13.2. The molecule has 0 fully saturated rings. The maximum absolute atomic E-state index is 9.10. The first kappa shape index (κ1) is 21.1. The summed E-state index contributed by atoms with van der Waals surface area (Å²) >= 11 is 0. The summed E-state index contributed by atoms with van der Waals surface area (Å²) in [5.41, 5.74) is 0. The van der Waals surface area contributed by atoms with Gasteiger partial charge in [0, 0.05) is 26.9 Å². The van der Waals surface area contributed by atoms with Gasteiger partial charge < -0.3 is 19.7 Å². The molecule has 4 heteroatoms. The van der Waals surface area contributed by atoms with E-state index in [1.54, 1.807) is 7.11 Å². The molecule has 0 spiro atoms. The van der Waals surface area contributed by atoms with Crippen LogP contribution < -0.4 is 0 Å². The van der Waals surface area contributed by atoms with E-state index in [9.17, 15) is 0 Å². The van der Waals surface area contributed by atoms with Crippen LogP contribution in [0.3, 0.4) is 0 Å². The van der Waals surface area contributed by atoms with Crippen molar-refractivity contribution in [2.45, 2.75) is 71.5 Å². The summed E-state index contributed by atoms with van der Waals surface area (Å²) in [5, 5.41) is 18.1. The summed E-state index contributed by atoms with van der Waals surface area (Å²) in [5.74, 6) is 0. The van der Waals surface area contributed by atoms with Crippen molar-refractivity contribution in [2.75, 3.05) is 26.9 Å². The summed E-state index contributed by atoms with van der Waals surface area (Å²) in [6.07, 6.45) is 5.13. The largest absolute Gasteiger partial charge is 0.393 e. The molecule has 0 saturated carbocycles. The zero-order chi connectivity index (χ0) is 14.9. The zero-order valence-corrected chi connectivity index (χ0v) is 13.2. The quantitative estimate of drug-likeness (QED) is 0.571. The monoisotopic (exact) mass is 278 g/mol. The van der Waals surface area contributed by atoms with Crippen molar-refractivity contribution in [3.05, 3.63) is 0 Å². The van der Waals surface area contributed by atoms with Crippen LogP contribution in [0.4, 0.5) is 0 Å². The molecule has 118 valence electrons. The van der Waals surface area contributed by atoms with Crippen LogP contribution in [0.2, 0.25) is 0 Å². The molecule has 2 atom stereocenters. The Labute approximate surface area is 119 Å². The van der Waals surface area contributed by atoms with Gasteiger partial charge in [-0.1, -0.05) is 13.8 Å². The average molecular weight is 278 g/mol. The van der Waals surface area contributed by atoms with Crippen molar-refractivity contribution in [3.8, 4) is 0 Å². The van der Waals surface area contributed by atoms with Gasteiger partial charge in [0.2, 0.25) is 0 Å². The molecule has 0 aromatic heterocycles. The molecule has 0 rings (SSSR count). The smallest absolute Gasteiger partial charge is 0.0538 e. The van der Waals surface area contributed by atoms with E-state index in [0.29, 0.717) is 0 Å². The van der Waals surface area contributed by atoms with Gasteiger partial charge in [-0.3, -0.25) is 0 Å². The van der Waals surface area contributed by atoms with Crippen molar-refractivity contribution in [1.29, 1.82) is 0 Å². The third kappa shape index (κ3) is 20.3. The lowest BCUT2D eigenvalue weighted by Crippen LogP contribution is -2.05. The molecule has 0 bridgehead atoms. The van der Waals surface area contributed by atoms with E-state index in [-0.39, 0.29) is 12.2 Å². The molecule has 0 aliphatic heterocycles. The second-order valence-electron chi connectivity index (χ2n) is 4.60. The fourth-order valence-electron chi connectivity index (χ4n) is 1.44. The lowest BCUT2D eigenvalue weighted by atomic mass is 10.2. The fourth-order valence-corrected chi connectivity index (χ4v) is 1.44. The SMILES string of the molecule is CCC(O)CCCOC.CCOCCCC(O)CC. The number of methoxy groups -OCH3 is 1. The van der Waals surface area contributed by atoms with Crippen molar-refractivity contribution in [1.82, 2.24) is 0 Å².